The van der Waals surface area contributed by atoms with E-state index in [4.69, 9.17) is 4.98 Å². The van der Waals surface area contributed by atoms with E-state index in [1.165, 1.54) is 12.6 Å². The Morgan fingerprint density at radius 2 is 1.77 bits per heavy atom. The topological polar surface area (TPSA) is 138 Å². The molecule has 1 aliphatic carbocycles. The average molecular weight is 534 g/mol. The minimum absolute atomic E-state index is 0.00118. The van der Waals surface area contributed by atoms with Gasteiger partial charge >= 0.3 is 0 Å². The average Bonchev–Trinajstić information content (AvgIpc) is 3.63. The molecule has 0 atom stereocenters. The number of carbonyl (C=O) groups excluding carboxylic acids is 1. The van der Waals surface area contributed by atoms with E-state index in [1.54, 1.807) is 37.1 Å². The monoisotopic (exact) mass is 533 g/mol. The predicted octanol–water partition coefficient (Wildman–Crippen LogP) is 5.68. The van der Waals surface area contributed by atoms with Gasteiger partial charge in [-0.3, -0.25) is 24.8 Å². The maximum atomic E-state index is 16.1. The molecule has 6 aromatic rings. The van der Waals surface area contributed by atoms with Gasteiger partial charge in [-0.2, -0.15) is 5.10 Å². The van der Waals surface area contributed by atoms with Gasteiger partial charge in [-0.05, 0) is 37.1 Å². The van der Waals surface area contributed by atoms with Crippen LogP contribution in [0.25, 0.3) is 56.0 Å². The summed E-state index contributed by atoms with van der Waals surface area (Å²) in [6.07, 6.45) is 14.7. The summed E-state index contributed by atoms with van der Waals surface area (Å²) in [6, 6.07) is 7.24. The molecule has 1 amide bonds. The summed E-state index contributed by atoms with van der Waals surface area (Å²) < 4.78 is 16.1. The highest BCUT2D eigenvalue weighted by molar-refractivity contribution is 5.97. The van der Waals surface area contributed by atoms with Crippen molar-refractivity contribution in [1.82, 2.24) is 40.1 Å². The summed E-state index contributed by atoms with van der Waals surface area (Å²) in [6.45, 7) is 0. The molecular formula is C29H24FN9O. The van der Waals surface area contributed by atoms with Crippen molar-refractivity contribution in [3.63, 3.8) is 0 Å². The van der Waals surface area contributed by atoms with E-state index >= 15 is 4.39 Å². The Balaban J connectivity index is 1.26. The van der Waals surface area contributed by atoms with Crippen molar-refractivity contribution >= 4 is 33.7 Å². The van der Waals surface area contributed by atoms with Gasteiger partial charge in [0.05, 0.1) is 28.5 Å². The summed E-state index contributed by atoms with van der Waals surface area (Å²) in [5.41, 5.74) is 4.77. The molecule has 10 nitrogen and oxygen atoms in total. The first-order valence-electron chi connectivity index (χ1n) is 13.2. The highest BCUT2D eigenvalue weighted by Gasteiger charge is 2.23. The van der Waals surface area contributed by atoms with Crippen LogP contribution >= 0.6 is 0 Å². The number of aromatic amines is 2. The smallest absolute Gasteiger partial charge is 0.227 e. The van der Waals surface area contributed by atoms with E-state index in [0.29, 0.717) is 39.6 Å². The number of amides is 1. The second kappa shape index (κ2) is 9.92. The van der Waals surface area contributed by atoms with Crippen molar-refractivity contribution in [2.24, 2.45) is 5.92 Å². The molecule has 1 aliphatic rings. The van der Waals surface area contributed by atoms with Crippen LogP contribution in [-0.4, -0.2) is 46.0 Å². The van der Waals surface area contributed by atoms with Crippen LogP contribution in [0.4, 0.5) is 10.1 Å². The minimum atomic E-state index is -0.515. The molecule has 11 heteroatoms. The molecule has 7 rings (SSSR count). The van der Waals surface area contributed by atoms with Gasteiger partial charge in [0.15, 0.2) is 11.5 Å². The maximum absolute atomic E-state index is 16.1. The van der Waals surface area contributed by atoms with Crippen molar-refractivity contribution < 1.29 is 9.18 Å². The SMILES string of the molecule is O=C(Nc1cncc(-c2cnc3[nH]nc(-c4nc5c(-c6ccncc6)nccc5[nH]4)c3c2F)c1)C1CCCCC1. The number of pyridine rings is 4. The van der Waals surface area contributed by atoms with Gasteiger partial charge in [0, 0.05) is 53.6 Å². The minimum Gasteiger partial charge on any atom is -0.336 e. The van der Waals surface area contributed by atoms with E-state index in [9.17, 15) is 4.79 Å². The number of aromatic nitrogens is 8. The summed E-state index contributed by atoms with van der Waals surface area (Å²) >= 11 is 0. The Bertz CT molecular complexity index is 1860. The number of rotatable bonds is 5. The highest BCUT2D eigenvalue weighted by Crippen LogP contribution is 2.34. The molecule has 0 bridgehead atoms. The number of nitrogens with one attached hydrogen (secondary N) is 3. The Labute approximate surface area is 227 Å². The predicted molar refractivity (Wildman–Crippen MR) is 148 cm³/mol. The lowest BCUT2D eigenvalue weighted by Crippen LogP contribution is -2.24. The second-order valence-corrected chi connectivity index (χ2v) is 9.95. The lowest BCUT2D eigenvalue weighted by atomic mass is 9.88. The first-order chi connectivity index (χ1) is 19.7. The molecule has 1 fully saturated rings. The van der Waals surface area contributed by atoms with Crippen LogP contribution in [0.2, 0.25) is 0 Å². The summed E-state index contributed by atoms with van der Waals surface area (Å²) in [5, 5.41) is 10.3. The van der Waals surface area contributed by atoms with Crippen LogP contribution < -0.4 is 5.32 Å². The molecule has 0 aliphatic heterocycles. The van der Waals surface area contributed by atoms with Crippen molar-refractivity contribution in [3.05, 3.63) is 67.3 Å². The molecule has 1 saturated carbocycles. The molecular weight excluding hydrogens is 509 g/mol. The van der Waals surface area contributed by atoms with Gasteiger partial charge in [-0.1, -0.05) is 19.3 Å². The fourth-order valence-corrected chi connectivity index (χ4v) is 5.36. The first kappa shape index (κ1) is 24.0. The third kappa shape index (κ3) is 4.25. The molecule has 198 valence electrons. The Hall–Kier alpha value is -5.06. The summed E-state index contributed by atoms with van der Waals surface area (Å²) in [5.74, 6) is -0.151. The molecule has 0 aromatic carbocycles. The number of nitrogens with zero attached hydrogens (tertiary/aromatic N) is 6. The van der Waals surface area contributed by atoms with Crippen molar-refractivity contribution in [2.45, 2.75) is 32.1 Å². The van der Waals surface area contributed by atoms with Gasteiger partial charge in [0.2, 0.25) is 5.91 Å². The number of anilines is 1. The van der Waals surface area contributed by atoms with Gasteiger partial charge in [-0.15, -0.1) is 0 Å². The molecule has 6 aromatic heterocycles. The molecule has 0 spiro atoms. The standard InChI is InChI=1S/C29H24FN9O/c30-23-20(18-12-19(14-32-13-18)35-29(40)17-4-2-1-3-5-17)15-34-27-22(23)26(38-39-27)28-36-21-8-11-33-24(25(21)37-28)16-6-9-31-10-7-16/h6-15,17H,1-5H2,(H,35,40)(H,36,37)(H,34,38,39). The van der Waals surface area contributed by atoms with Gasteiger partial charge in [0.1, 0.15) is 17.0 Å². The number of carbonyl (C=O) groups is 1. The van der Waals surface area contributed by atoms with Crippen LogP contribution in [-0.2, 0) is 4.79 Å². The Morgan fingerprint density at radius 3 is 2.62 bits per heavy atom. The third-order valence-electron chi connectivity index (χ3n) is 7.40. The molecule has 0 unspecified atom stereocenters. The van der Waals surface area contributed by atoms with E-state index in [0.717, 1.165) is 36.8 Å². The number of fused-ring (bicyclic) bond motifs is 2. The fourth-order valence-electron chi connectivity index (χ4n) is 5.36. The van der Waals surface area contributed by atoms with Gasteiger partial charge in [-0.25, -0.2) is 14.4 Å². The third-order valence-corrected chi connectivity index (χ3v) is 7.40. The first-order valence-corrected chi connectivity index (χ1v) is 13.2. The van der Waals surface area contributed by atoms with Crippen LogP contribution in [0, 0.1) is 11.7 Å². The lowest BCUT2D eigenvalue weighted by Gasteiger charge is -2.20. The normalized spacial score (nSPS) is 14.1. The number of hydrogen-bond acceptors (Lipinski definition) is 7. The zero-order valence-corrected chi connectivity index (χ0v) is 21.4. The molecule has 6 heterocycles. The van der Waals surface area contributed by atoms with Crippen molar-refractivity contribution in [3.8, 4) is 33.9 Å². The number of halogens is 1. The zero-order chi connectivity index (χ0) is 27.1. The zero-order valence-electron chi connectivity index (χ0n) is 21.4. The van der Waals surface area contributed by atoms with Gasteiger partial charge < -0.3 is 10.3 Å². The number of H-pyrrole nitrogens is 2. The number of imidazole rings is 1. The number of hydrogen-bond donors (Lipinski definition) is 3. The molecule has 40 heavy (non-hydrogen) atoms. The Morgan fingerprint density at radius 1 is 0.925 bits per heavy atom. The lowest BCUT2D eigenvalue weighted by molar-refractivity contribution is -0.120. The van der Waals surface area contributed by atoms with Crippen LogP contribution in [0.1, 0.15) is 32.1 Å². The Kier molecular flexibility index (Phi) is 5.95. The quantitative estimate of drug-likeness (QED) is 0.259. The van der Waals surface area contributed by atoms with Crippen LogP contribution in [0.15, 0.2) is 61.4 Å². The van der Waals surface area contributed by atoms with Crippen LogP contribution in [0.3, 0.4) is 0 Å². The summed E-state index contributed by atoms with van der Waals surface area (Å²) in [7, 11) is 0. The maximum Gasteiger partial charge on any atom is 0.227 e. The van der Waals surface area contributed by atoms with E-state index in [-0.39, 0.29) is 22.8 Å². The molecule has 0 radical (unpaired) electrons. The van der Waals surface area contributed by atoms with Crippen LogP contribution in [0.5, 0.6) is 0 Å². The van der Waals surface area contributed by atoms with Gasteiger partial charge in [0.25, 0.3) is 0 Å². The van der Waals surface area contributed by atoms with E-state index in [2.05, 4.69) is 40.4 Å². The van der Waals surface area contributed by atoms with E-state index in [1.807, 2.05) is 18.2 Å². The fraction of sp³-hybridized carbons (Fsp3) is 0.207. The van der Waals surface area contributed by atoms with Crippen molar-refractivity contribution in [1.29, 1.82) is 0 Å². The van der Waals surface area contributed by atoms with Crippen molar-refractivity contribution in [2.75, 3.05) is 5.32 Å². The largest absolute Gasteiger partial charge is 0.336 e. The highest BCUT2D eigenvalue weighted by atomic mass is 19.1. The molecule has 0 saturated heterocycles. The molecule has 3 N–H and O–H groups in total. The van der Waals surface area contributed by atoms with E-state index < -0.39 is 5.82 Å². The second-order valence-electron chi connectivity index (χ2n) is 9.95. The summed E-state index contributed by atoms with van der Waals surface area (Å²) in [4.78, 5) is 38.0.